The number of nitrogen functional groups attached to an aromatic ring is 1. The quantitative estimate of drug-likeness (QED) is 0.820. The van der Waals surface area contributed by atoms with Gasteiger partial charge in [-0.2, -0.15) is 10.5 Å². The van der Waals surface area contributed by atoms with E-state index in [1.165, 1.54) is 0 Å². The molecule has 18 heavy (non-hydrogen) atoms. The third-order valence-electron chi connectivity index (χ3n) is 2.61. The van der Waals surface area contributed by atoms with Crippen molar-refractivity contribution >= 4 is 5.82 Å². The van der Waals surface area contributed by atoms with E-state index in [9.17, 15) is 0 Å². The maximum absolute atomic E-state index is 9.13. The maximum Gasteiger partial charge on any atom is 0.142 e. The van der Waals surface area contributed by atoms with E-state index in [-0.39, 0.29) is 5.82 Å². The molecule has 2 N–H and O–H groups in total. The highest BCUT2D eigenvalue weighted by atomic mass is 14.8. The number of rotatable bonds is 1. The molecule has 0 atom stereocenters. The normalized spacial score (nSPS) is 9.50. The summed E-state index contributed by atoms with van der Waals surface area (Å²) in [6.07, 6.45) is 0. The van der Waals surface area contributed by atoms with E-state index >= 15 is 0 Å². The van der Waals surface area contributed by atoms with Gasteiger partial charge in [-0.15, -0.1) is 0 Å². The molecule has 0 radical (unpaired) electrons. The zero-order chi connectivity index (χ0) is 13.1. The third-order valence-corrected chi connectivity index (χ3v) is 2.61. The summed E-state index contributed by atoms with van der Waals surface area (Å²) >= 11 is 0. The molecule has 4 heteroatoms. The fourth-order valence-electron chi connectivity index (χ4n) is 1.77. The Morgan fingerprint density at radius 2 is 1.78 bits per heavy atom. The fraction of sp³-hybridized carbons (Fsp3) is 0.0714. The van der Waals surface area contributed by atoms with Gasteiger partial charge in [0.15, 0.2) is 0 Å². The lowest BCUT2D eigenvalue weighted by Crippen LogP contribution is -1.99. The summed E-state index contributed by atoms with van der Waals surface area (Å²) in [5.41, 5.74) is 9.03. The zero-order valence-corrected chi connectivity index (χ0v) is 9.81. The molecule has 0 bridgehead atoms. The van der Waals surface area contributed by atoms with Crippen LogP contribution in [0.1, 0.15) is 16.8 Å². The van der Waals surface area contributed by atoms with E-state index in [0.717, 1.165) is 16.8 Å². The van der Waals surface area contributed by atoms with Gasteiger partial charge in [-0.1, -0.05) is 12.1 Å². The molecule has 0 aliphatic heterocycles. The van der Waals surface area contributed by atoms with Crippen molar-refractivity contribution in [2.75, 3.05) is 5.73 Å². The Hall–Kier alpha value is -2.85. The number of nitriles is 2. The minimum atomic E-state index is 0.233. The number of hydrogen-bond acceptors (Lipinski definition) is 4. The van der Waals surface area contributed by atoms with Crippen LogP contribution in [-0.4, -0.2) is 4.98 Å². The first kappa shape index (κ1) is 11.6. The highest BCUT2D eigenvalue weighted by molar-refractivity contribution is 5.75. The SMILES string of the molecule is Cc1cc(-c2ccc(C#N)cc2)c(C#N)c(N)n1. The first-order valence-corrected chi connectivity index (χ1v) is 5.33. The van der Waals surface area contributed by atoms with Crippen LogP contribution in [0.4, 0.5) is 5.82 Å². The summed E-state index contributed by atoms with van der Waals surface area (Å²) in [6.45, 7) is 1.82. The van der Waals surface area contributed by atoms with Gasteiger partial charge in [0.25, 0.3) is 0 Å². The Morgan fingerprint density at radius 3 is 2.33 bits per heavy atom. The molecule has 0 fully saturated rings. The van der Waals surface area contributed by atoms with Crippen LogP contribution in [0.2, 0.25) is 0 Å². The number of nitrogens with two attached hydrogens (primary N) is 1. The second kappa shape index (κ2) is 4.57. The number of hydrogen-bond donors (Lipinski definition) is 1. The van der Waals surface area contributed by atoms with Crippen molar-refractivity contribution < 1.29 is 0 Å². The standard InChI is InChI=1S/C14H10N4/c1-9-6-12(13(8-16)14(17)18-9)11-4-2-10(7-15)3-5-11/h2-6H,1H3,(H2,17,18). The number of aromatic nitrogens is 1. The number of anilines is 1. The van der Waals surface area contributed by atoms with E-state index in [1.807, 2.05) is 13.0 Å². The van der Waals surface area contributed by atoms with Gasteiger partial charge < -0.3 is 5.73 Å². The molecule has 0 unspecified atom stereocenters. The van der Waals surface area contributed by atoms with Gasteiger partial charge in [0.2, 0.25) is 0 Å². The van der Waals surface area contributed by atoms with Crippen LogP contribution in [0.5, 0.6) is 0 Å². The molecule has 1 heterocycles. The molecular weight excluding hydrogens is 224 g/mol. The molecule has 0 aliphatic carbocycles. The predicted molar refractivity (Wildman–Crippen MR) is 68.3 cm³/mol. The van der Waals surface area contributed by atoms with Crippen LogP contribution in [0, 0.1) is 29.6 Å². The van der Waals surface area contributed by atoms with E-state index in [4.69, 9.17) is 16.3 Å². The van der Waals surface area contributed by atoms with Crippen molar-refractivity contribution in [1.29, 1.82) is 10.5 Å². The van der Waals surface area contributed by atoms with E-state index in [2.05, 4.69) is 17.1 Å². The highest BCUT2D eigenvalue weighted by Crippen LogP contribution is 2.27. The Kier molecular flexibility index (Phi) is 2.95. The molecule has 2 aromatic rings. The van der Waals surface area contributed by atoms with Gasteiger partial charge in [-0.3, -0.25) is 0 Å². The minimum absolute atomic E-state index is 0.233. The lowest BCUT2D eigenvalue weighted by Gasteiger charge is -2.07. The van der Waals surface area contributed by atoms with Crippen LogP contribution in [0.15, 0.2) is 30.3 Å². The zero-order valence-electron chi connectivity index (χ0n) is 9.81. The van der Waals surface area contributed by atoms with Crippen LogP contribution >= 0.6 is 0 Å². The van der Waals surface area contributed by atoms with Crippen molar-refractivity contribution in [2.45, 2.75) is 6.92 Å². The Labute approximate surface area is 105 Å². The van der Waals surface area contributed by atoms with E-state index in [1.54, 1.807) is 24.3 Å². The molecule has 0 amide bonds. The first-order valence-electron chi connectivity index (χ1n) is 5.33. The van der Waals surface area contributed by atoms with Crippen molar-refractivity contribution in [3.05, 3.63) is 47.2 Å². The topological polar surface area (TPSA) is 86.5 Å². The van der Waals surface area contributed by atoms with E-state index < -0.39 is 0 Å². The molecule has 1 aromatic carbocycles. The van der Waals surface area contributed by atoms with Crippen LogP contribution < -0.4 is 5.73 Å². The third kappa shape index (κ3) is 2.00. The average molecular weight is 234 g/mol. The van der Waals surface area contributed by atoms with E-state index in [0.29, 0.717) is 11.1 Å². The largest absolute Gasteiger partial charge is 0.383 e. The average Bonchev–Trinajstić information content (AvgIpc) is 2.38. The summed E-state index contributed by atoms with van der Waals surface area (Å²) in [5.74, 6) is 0.233. The Balaban J connectivity index is 2.63. The molecule has 4 nitrogen and oxygen atoms in total. The molecule has 2 rings (SSSR count). The lowest BCUT2D eigenvalue weighted by atomic mass is 9.99. The molecule has 0 spiro atoms. The summed E-state index contributed by atoms with van der Waals surface area (Å²) in [6, 6.07) is 13.0. The maximum atomic E-state index is 9.13. The summed E-state index contributed by atoms with van der Waals surface area (Å²) in [5, 5.41) is 17.9. The van der Waals surface area contributed by atoms with Crippen LogP contribution in [0.3, 0.4) is 0 Å². The molecule has 0 aliphatic rings. The lowest BCUT2D eigenvalue weighted by molar-refractivity contribution is 1.20. The molecular formula is C14H10N4. The second-order valence-electron chi connectivity index (χ2n) is 3.87. The van der Waals surface area contributed by atoms with Gasteiger partial charge in [-0.25, -0.2) is 4.98 Å². The molecule has 0 saturated heterocycles. The van der Waals surface area contributed by atoms with Crippen molar-refractivity contribution in [3.8, 4) is 23.3 Å². The number of benzene rings is 1. The summed E-state index contributed by atoms with van der Waals surface area (Å²) in [4.78, 5) is 4.07. The van der Waals surface area contributed by atoms with Gasteiger partial charge in [0, 0.05) is 11.3 Å². The Morgan fingerprint density at radius 1 is 1.11 bits per heavy atom. The fourth-order valence-corrected chi connectivity index (χ4v) is 1.77. The van der Waals surface area contributed by atoms with Gasteiger partial charge in [-0.05, 0) is 30.7 Å². The first-order chi connectivity index (χ1) is 8.65. The second-order valence-corrected chi connectivity index (χ2v) is 3.87. The number of pyridine rings is 1. The van der Waals surface area contributed by atoms with Crippen LogP contribution in [0.25, 0.3) is 11.1 Å². The summed E-state index contributed by atoms with van der Waals surface area (Å²) in [7, 11) is 0. The van der Waals surface area contributed by atoms with Gasteiger partial charge >= 0.3 is 0 Å². The van der Waals surface area contributed by atoms with Crippen molar-refractivity contribution in [3.63, 3.8) is 0 Å². The highest BCUT2D eigenvalue weighted by Gasteiger charge is 2.10. The van der Waals surface area contributed by atoms with Crippen LogP contribution in [-0.2, 0) is 0 Å². The predicted octanol–water partition coefficient (Wildman–Crippen LogP) is 2.38. The minimum Gasteiger partial charge on any atom is -0.383 e. The van der Waals surface area contributed by atoms with Crippen molar-refractivity contribution in [1.82, 2.24) is 4.98 Å². The summed E-state index contributed by atoms with van der Waals surface area (Å²) < 4.78 is 0. The van der Waals surface area contributed by atoms with Crippen molar-refractivity contribution in [2.24, 2.45) is 0 Å². The molecule has 0 saturated carbocycles. The monoisotopic (exact) mass is 234 g/mol. The van der Waals surface area contributed by atoms with Gasteiger partial charge in [0.1, 0.15) is 17.5 Å². The Bertz CT molecular complexity index is 673. The molecule has 86 valence electrons. The number of nitrogens with zero attached hydrogens (tertiary/aromatic N) is 3. The van der Waals surface area contributed by atoms with Gasteiger partial charge in [0.05, 0.1) is 11.6 Å². The smallest absolute Gasteiger partial charge is 0.142 e. The molecule has 1 aromatic heterocycles. The number of aryl methyl sites for hydroxylation is 1.